The van der Waals surface area contributed by atoms with Crippen LogP contribution in [0.25, 0.3) is 0 Å². The van der Waals surface area contributed by atoms with Crippen LogP contribution < -0.4 is 5.32 Å². The van der Waals surface area contributed by atoms with E-state index in [0.29, 0.717) is 0 Å². The summed E-state index contributed by atoms with van der Waals surface area (Å²) in [6.07, 6.45) is 1.05. The predicted molar refractivity (Wildman–Crippen MR) is 52.0 cm³/mol. The first-order valence-corrected chi connectivity index (χ1v) is 5.19. The van der Waals surface area contributed by atoms with Gasteiger partial charge in [-0.25, -0.2) is 4.79 Å². The number of carbonyl (C=O) groups is 1. The molecule has 0 aliphatic carbocycles. The lowest BCUT2D eigenvalue weighted by molar-refractivity contribution is 0.0153. The van der Waals surface area contributed by atoms with Crippen LogP contribution in [0.2, 0.25) is 0 Å². The van der Waals surface area contributed by atoms with Crippen molar-refractivity contribution in [2.24, 2.45) is 0 Å². The van der Waals surface area contributed by atoms with Gasteiger partial charge >= 0.3 is 6.03 Å². The zero-order valence-electron chi connectivity index (χ0n) is 8.37. The lowest BCUT2D eigenvalue weighted by Gasteiger charge is -2.34. The lowest BCUT2D eigenvalue weighted by atomic mass is 10.3. The molecule has 5 heteroatoms. The van der Waals surface area contributed by atoms with Crippen LogP contribution in [0.1, 0.15) is 6.42 Å². The zero-order chi connectivity index (χ0) is 9.80. The molecule has 2 aliphatic rings. The average molecular weight is 199 g/mol. The van der Waals surface area contributed by atoms with Crippen molar-refractivity contribution in [1.82, 2.24) is 15.1 Å². The molecule has 0 saturated carbocycles. The molecule has 2 saturated heterocycles. The largest absolute Gasteiger partial charge is 0.379 e. The quantitative estimate of drug-likeness (QED) is 0.663. The number of amides is 2. The molecule has 0 radical (unpaired) electrons. The predicted octanol–water partition coefficient (Wildman–Crippen LogP) is -0.309. The highest BCUT2D eigenvalue weighted by Crippen LogP contribution is 2.03. The Balaban J connectivity index is 1.79. The van der Waals surface area contributed by atoms with Gasteiger partial charge in [-0.2, -0.15) is 0 Å². The maximum absolute atomic E-state index is 11.4. The van der Waals surface area contributed by atoms with Crippen LogP contribution in [0.15, 0.2) is 0 Å². The first kappa shape index (κ1) is 9.73. The molecule has 0 spiro atoms. The maximum Gasteiger partial charge on any atom is 0.318 e. The van der Waals surface area contributed by atoms with Crippen molar-refractivity contribution in [3.63, 3.8) is 0 Å². The highest BCUT2D eigenvalue weighted by molar-refractivity contribution is 5.74. The third-order valence-corrected chi connectivity index (χ3v) is 2.64. The van der Waals surface area contributed by atoms with Crippen LogP contribution in [-0.4, -0.2) is 61.9 Å². The fraction of sp³-hybridized carbons (Fsp3) is 0.889. The van der Waals surface area contributed by atoms with Crippen molar-refractivity contribution >= 4 is 6.03 Å². The van der Waals surface area contributed by atoms with Crippen molar-refractivity contribution in [2.45, 2.75) is 6.42 Å². The van der Waals surface area contributed by atoms with E-state index in [1.807, 2.05) is 4.90 Å². The number of urea groups is 1. The topological polar surface area (TPSA) is 44.8 Å². The molecular weight excluding hydrogens is 182 g/mol. The second-order valence-electron chi connectivity index (χ2n) is 3.72. The molecule has 2 heterocycles. The van der Waals surface area contributed by atoms with Gasteiger partial charge in [0.1, 0.15) is 0 Å². The fourth-order valence-corrected chi connectivity index (χ4v) is 1.80. The molecule has 0 bridgehead atoms. The Morgan fingerprint density at radius 3 is 2.79 bits per heavy atom. The molecule has 0 atom stereocenters. The smallest absolute Gasteiger partial charge is 0.318 e. The molecule has 80 valence electrons. The van der Waals surface area contributed by atoms with E-state index in [1.165, 1.54) is 0 Å². The first-order chi connectivity index (χ1) is 6.86. The molecule has 5 nitrogen and oxygen atoms in total. The molecule has 0 unspecified atom stereocenters. The van der Waals surface area contributed by atoms with E-state index in [2.05, 4.69) is 10.2 Å². The summed E-state index contributed by atoms with van der Waals surface area (Å²) in [6, 6.07) is 0.0720. The SMILES string of the molecule is O=C1NCCCN1CN1CCOCC1. The van der Waals surface area contributed by atoms with Gasteiger partial charge in [0, 0.05) is 26.2 Å². The number of carbonyl (C=O) groups excluding carboxylic acids is 1. The van der Waals surface area contributed by atoms with E-state index in [1.54, 1.807) is 0 Å². The van der Waals surface area contributed by atoms with Crippen molar-refractivity contribution in [3.05, 3.63) is 0 Å². The van der Waals surface area contributed by atoms with Gasteiger partial charge in [-0.3, -0.25) is 4.90 Å². The molecule has 2 rings (SSSR count). The Labute approximate surface area is 84.0 Å². The van der Waals surface area contributed by atoms with Crippen LogP contribution in [0.5, 0.6) is 0 Å². The Kier molecular flexibility index (Phi) is 3.21. The van der Waals surface area contributed by atoms with Gasteiger partial charge in [0.2, 0.25) is 0 Å². The summed E-state index contributed by atoms with van der Waals surface area (Å²) in [6.45, 7) is 5.88. The molecule has 0 aromatic rings. The fourth-order valence-electron chi connectivity index (χ4n) is 1.80. The minimum absolute atomic E-state index is 0.0720. The van der Waals surface area contributed by atoms with Gasteiger partial charge in [-0.15, -0.1) is 0 Å². The maximum atomic E-state index is 11.4. The second-order valence-corrected chi connectivity index (χ2v) is 3.72. The number of nitrogens with zero attached hydrogens (tertiary/aromatic N) is 2. The summed E-state index contributed by atoms with van der Waals surface area (Å²) in [7, 11) is 0. The van der Waals surface area contributed by atoms with E-state index in [4.69, 9.17) is 4.74 Å². The van der Waals surface area contributed by atoms with Crippen LogP contribution in [0.4, 0.5) is 4.79 Å². The number of ether oxygens (including phenoxy) is 1. The summed E-state index contributed by atoms with van der Waals surface area (Å²) >= 11 is 0. The molecule has 14 heavy (non-hydrogen) atoms. The highest BCUT2D eigenvalue weighted by atomic mass is 16.5. The van der Waals surface area contributed by atoms with Crippen molar-refractivity contribution in [1.29, 1.82) is 0 Å². The monoisotopic (exact) mass is 199 g/mol. The van der Waals surface area contributed by atoms with E-state index in [-0.39, 0.29) is 6.03 Å². The van der Waals surface area contributed by atoms with Crippen LogP contribution >= 0.6 is 0 Å². The zero-order valence-corrected chi connectivity index (χ0v) is 8.37. The standard InChI is InChI=1S/C9H17N3O2/c13-9-10-2-1-3-12(9)8-11-4-6-14-7-5-11/h1-8H2,(H,10,13). The second kappa shape index (κ2) is 4.61. The van der Waals surface area contributed by atoms with Gasteiger partial charge in [0.15, 0.2) is 0 Å². The number of hydrogen-bond acceptors (Lipinski definition) is 3. The molecule has 0 aromatic heterocycles. The first-order valence-electron chi connectivity index (χ1n) is 5.19. The van der Waals surface area contributed by atoms with E-state index in [0.717, 1.165) is 52.5 Å². The van der Waals surface area contributed by atoms with Crippen molar-refractivity contribution in [3.8, 4) is 0 Å². The van der Waals surface area contributed by atoms with Gasteiger partial charge in [-0.05, 0) is 6.42 Å². The summed E-state index contributed by atoms with van der Waals surface area (Å²) in [5.74, 6) is 0. The van der Waals surface area contributed by atoms with E-state index >= 15 is 0 Å². The van der Waals surface area contributed by atoms with Crippen LogP contribution in [-0.2, 0) is 4.74 Å². The normalized spacial score (nSPS) is 24.9. The summed E-state index contributed by atoms with van der Waals surface area (Å²) < 4.78 is 5.25. The number of nitrogens with one attached hydrogen (secondary N) is 1. The Morgan fingerprint density at radius 1 is 1.29 bits per heavy atom. The Morgan fingerprint density at radius 2 is 2.07 bits per heavy atom. The molecular formula is C9H17N3O2. The number of hydrogen-bond donors (Lipinski definition) is 1. The highest BCUT2D eigenvalue weighted by Gasteiger charge is 2.20. The minimum Gasteiger partial charge on any atom is -0.379 e. The Bertz CT molecular complexity index is 204. The molecule has 2 amide bonds. The minimum atomic E-state index is 0.0720. The van der Waals surface area contributed by atoms with Gasteiger partial charge < -0.3 is 15.0 Å². The van der Waals surface area contributed by atoms with Crippen molar-refractivity contribution < 1.29 is 9.53 Å². The average Bonchev–Trinajstić information content (AvgIpc) is 2.23. The van der Waals surface area contributed by atoms with Gasteiger partial charge in [-0.1, -0.05) is 0 Å². The van der Waals surface area contributed by atoms with Gasteiger partial charge in [0.25, 0.3) is 0 Å². The number of morpholine rings is 1. The van der Waals surface area contributed by atoms with E-state index in [9.17, 15) is 4.79 Å². The van der Waals surface area contributed by atoms with Crippen LogP contribution in [0, 0.1) is 0 Å². The summed E-state index contributed by atoms with van der Waals surface area (Å²) in [4.78, 5) is 15.6. The molecule has 2 aliphatic heterocycles. The summed E-state index contributed by atoms with van der Waals surface area (Å²) in [5, 5.41) is 2.85. The molecule has 0 aromatic carbocycles. The lowest BCUT2D eigenvalue weighted by Crippen LogP contribution is -2.52. The van der Waals surface area contributed by atoms with Gasteiger partial charge in [0.05, 0.1) is 19.9 Å². The summed E-state index contributed by atoms with van der Waals surface area (Å²) in [5.41, 5.74) is 0. The molecule has 2 fully saturated rings. The van der Waals surface area contributed by atoms with Crippen LogP contribution in [0.3, 0.4) is 0 Å². The third-order valence-electron chi connectivity index (χ3n) is 2.64. The number of rotatable bonds is 2. The third kappa shape index (κ3) is 2.36. The van der Waals surface area contributed by atoms with E-state index < -0.39 is 0 Å². The Hall–Kier alpha value is -0.810. The molecule has 1 N–H and O–H groups in total. The van der Waals surface area contributed by atoms with Crippen molar-refractivity contribution in [2.75, 3.05) is 46.1 Å².